The van der Waals surface area contributed by atoms with Crippen molar-refractivity contribution in [2.75, 3.05) is 18.6 Å². The molecule has 7 nitrogen and oxygen atoms in total. The highest BCUT2D eigenvalue weighted by molar-refractivity contribution is 7.89. The van der Waals surface area contributed by atoms with Crippen LogP contribution in [0, 0.1) is 0 Å². The topological polar surface area (TPSA) is 106 Å². The van der Waals surface area contributed by atoms with Crippen LogP contribution in [0.25, 0.3) is 0 Å². The van der Waals surface area contributed by atoms with Crippen LogP contribution in [0.15, 0.2) is 17.2 Å². The van der Waals surface area contributed by atoms with E-state index in [2.05, 4.69) is 15.1 Å². The summed E-state index contributed by atoms with van der Waals surface area (Å²) in [7, 11) is -3.62. The molecule has 0 saturated carbocycles. The van der Waals surface area contributed by atoms with Crippen LogP contribution in [-0.4, -0.2) is 32.7 Å². The average Bonchev–Trinajstić information content (AvgIpc) is 2.42. The van der Waals surface area contributed by atoms with Crippen LogP contribution in [0.5, 0.6) is 0 Å². The second-order valence-electron chi connectivity index (χ2n) is 4.67. The Balaban J connectivity index is 2.48. The van der Waals surface area contributed by atoms with E-state index < -0.39 is 10.0 Å². The summed E-state index contributed by atoms with van der Waals surface area (Å²) in [6.07, 6.45) is 2.86. The maximum atomic E-state index is 12.0. The van der Waals surface area contributed by atoms with Gasteiger partial charge in [0, 0.05) is 19.3 Å². The van der Waals surface area contributed by atoms with E-state index in [-0.39, 0.29) is 21.8 Å². The van der Waals surface area contributed by atoms with E-state index in [1.54, 1.807) is 0 Å². The van der Waals surface area contributed by atoms with Gasteiger partial charge in [-0.1, -0.05) is 11.6 Å². The molecule has 120 valence electrons. The number of sulfonamides is 1. The molecule has 0 radical (unpaired) electrons. The highest BCUT2D eigenvalue weighted by Gasteiger charge is 2.15. The molecule has 1 rings (SSSR count). The number of pyridine rings is 1. The minimum Gasteiger partial charge on any atom is -0.379 e. The molecule has 0 atom stereocenters. The summed E-state index contributed by atoms with van der Waals surface area (Å²) in [4.78, 5) is 3.84. The molecule has 0 spiro atoms. The molecule has 0 amide bonds. The first-order valence-electron chi connectivity index (χ1n) is 6.60. The first-order valence-corrected chi connectivity index (χ1v) is 8.46. The third kappa shape index (κ3) is 6.15. The van der Waals surface area contributed by atoms with Crippen molar-refractivity contribution in [1.29, 1.82) is 0 Å². The number of anilines is 1. The molecule has 0 fully saturated rings. The largest absolute Gasteiger partial charge is 0.379 e. The van der Waals surface area contributed by atoms with Crippen LogP contribution in [0.1, 0.15) is 26.7 Å². The Labute approximate surface area is 130 Å². The molecule has 1 aromatic rings. The van der Waals surface area contributed by atoms with Crippen molar-refractivity contribution in [3.05, 3.63) is 17.3 Å². The minimum atomic E-state index is -3.62. The summed E-state index contributed by atoms with van der Waals surface area (Å²) in [6.45, 7) is 4.86. The lowest BCUT2D eigenvalue weighted by molar-refractivity contribution is 0.0762. The maximum Gasteiger partial charge on any atom is 0.242 e. The fourth-order valence-electron chi connectivity index (χ4n) is 1.51. The van der Waals surface area contributed by atoms with E-state index in [1.807, 2.05) is 13.8 Å². The van der Waals surface area contributed by atoms with E-state index >= 15 is 0 Å². The van der Waals surface area contributed by atoms with Gasteiger partial charge in [0.05, 0.1) is 11.1 Å². The van der Waals surface area contributed by atoms with Gasteiger partial charge >= 0.3 is 0 Å². The number of unbranched alkanes of at least 4 members (excludes halogenated alkanes) is 1. The molecule has 1 aromatic heterocycles. The average molecular weight is 337 g/mol. The molecule has 9 heteroatoms. The Morgan fingerprint density at radius 3 is 2.71 bits per heavy atom. The number of nitrogen functional groups attached to an aromatic ring is 1. The molecule has 21 heavy (non-hydrogen) atoms. The van der Waals surface area contributed by atoms with Gasteiger partial charge in [-0.25, -0.2) is 24.0 Å². The second kappa shape index (κ2) is 8.50. The summed E-state index contributed by atoms with van der Waals surface area (Å²) in [5, 5.41) is 0.144. The van der Waals surface area contributed by atoms with Crippen LogP contribution >= 0.6 is 11.6 Å². The van der Waals surface area contributed by atoms with Gasteiger partial charge < -0.3 is 10.2 Å². The highest BCUT2D eigenvalue weighted by Crippen LogP contribution is 2.21. The predicted molar refractivity (Wildman–Crippen MR) is 82.6 cm³/mol. The second-order valence-corrected chi connectivity index (χ2v) is 6.84. The fourth-order valence-corrected chi connectivity index (χ4v) is 2.84. The van der Waals surface area contributed by atoms with E-state index in [0.29, 0.717) is 19.6 Å². The van der Waals surface area contributed by atoms with Gasteiger partial charge in [-0.05, 0) is 32.8 Å². The SMILES string of the molecule is CC(C)OCCCCNS(=O)(=O)c1cnc(NN)c(Cl)c1. The Morgan fingerprint density at radius 2 is 2.14 bits per heavy atom. The number of halogens is 1. The van der Waals surface area contributed by atoms with Crippen molar-refractivity contribution in [2.45, 2.75) is 37.7 Å². The maximum absolute atomic E-state index is 12.0. The number of aromatic nitrogens is 1. The van der Waals surface area contributed by atoms with Crippen molar-refractivity contribution >= 4 is 27.4 Å². The summed E-state index contributed by atoms with van der Waals surface area (Å²) >= 11 is 5.85. The highest BCUT2D eigenvalue weighted by atomic mass is 35.5. The van der Waals surface area contributed by atoms with Crippen molar-refractivity contribution in [2.24, 2.45) is 5.84 Å². The molecule has 0 bridgehead atoms. The zero-order valence-corrected chi connectivity index (χ0v) is 13.7. The van der Waals surface area contributed by atoms with Gasteiger partial charge in [-0.15, -0.1) is 0 Å². The molecular weight excluding hydrogens is 316 g/mol. The normalized spacial score (nSPS) is 11.9. The van der Waals surface area contributed by atoms with Gasteiger partial charge in [0.25, 0.3) is 0 Å². The summed E-state index contributed by atoms with van der Waals surface area (Å²) in [5.41, 5.74) is 2.28. The van der Waals surface area contributed by atoms with Crippen LogP contribution in [0.2, 0.25) is 5.02 Å². The lowest BCUT2D eigenvalue weighted by atomic mass is 10.3. The first-order chi connectivity index (χ1) is 9.86. The fraction of sp³-hybridized carbons (Fsp3) is 0.583. The molecule has 1 heterocycles. The number of ether oxygens (including phenoxy) is 1. The minimum absolute atomic E-state index is 0.00457. The van der Waals surface area contributed by atoms with Crippen LogP contribution in [-0.2, 0) is 14.8 Å². The van der Waals surface area contributed by atoms with Crippen molar-refractivity contribution in [1.82, 2.24) is 9.71 Å². The van der Waals surface area contributed by atoms with E-state index in [1.165, 1.54) is 12.3 Å². The summed E-state index contributed by atoms with van der Waals surface area (Å²) < 4.78 is 31.9. The van der Waals surface area contributed by atoms with Crippen LogP contribution < -0.4 is 16.0 Å². The lowest BCUT2D eigenvalue weighted by Gasteiger charge is -2.09. The molecular formula is C12H21ClN4O3S. The lowest BCUT2D eigenvalue weighted by Crippen LogP contribution is -2.25. The number of nitrogens with one attached hydrogen (secondary N) is 2. The van der Waals surface area contributed by atoms with E-state index in [9.17, 15) is 8.42 Å². The molecule has 0 aliphatic rings. The molecule has 0 saturated heterocycles. The zero-order chi connectivity index (χ0) is 15.9. The number of nitrogens with zero attached hydrogens (tertiary/aromatic N) is 1. The number of rotatable bonds is 9. The van der Waals surface area contributed by atoms with Crippen LogP contribution in [0.4, 0.5) is 5.82 Å². The first kappa shape index (κ1) is 18.1. The van der Waals surface area contributed by atoms with Gasteiger partial charge in [0.1, 0.15) is 4.90 Å². The summed E-state index contributed by atoms with van der Waals surface area (Å²) in [5.74, 6) is 5.41. The summed E-state index contributed by atoms with van der Waals surface area (Å²) in [6, 6.07) is 1.30. The number of hydrogen-bond acceptors (Lipinski definition) is 6. The van der Waals surface area contributed by atoms with E-state index in [4.69, 9.17) is 22.2 Å². The zero-order valence-electron chi connectivity index (χ0n) is 12.1. The number of hydrazine groups is 1. The number of nitrogens with two attached hydrogens (primary N) is 1. The monoisotopic (exact) mass is 336 g/mol. The molecule has 4 N–H and O–H groups in total. The Hall–Kier alpha value is -0.930. The van der Waals surface area contributed by atoms with Crippen molar-refractivity contribution < 1.29 is 13.2 Å². The van der Waals surface area contributed by atoms with Crippen LogP contribution in [0.3, 0.4) is 0 Å². The van der Waals surface area contributed by atoms with Crippen molar-refractivity contribution in [3.8, 4) is 0 Å². The van der Waals surface area contributed by atoms with Gasteiger partial charge in [-0.2, -0.15) is 0 Å². The van der Waals surface area contributed by atoms with Gasteiger partial charge in [0.15, 0.2) is 5.82 Å². The smallest absolute Gasteiger partial charge is 0.242 e. The quantitative estimate of drug-likeness (QED) is 0.358. The third-order valence-electron chi connectivity index (χ3n) is 2.58. The Bertz CT molecular complexity index is 551. The molecule has 0 aromatic carbocycles. The molecule has 0 unspecified atom stereocenters. The predicted octanol–water partition coefficient (Wildman–Crippen LogP) is 1.50. The van der Waals surface area contributed by atoms with Gasteiger partial charge in [0.2, 0.25) is 10.0 Å². The van der Waals surface area contributed by atoms with Gasteiger partial charge in [-0.3, -0.25) is 0 Å². The Morgan fingerprint density at radius 1 is 1.43 bits per heavy atom. The molecule has 0 aliphatic heterocycles. The third-order valence-corrected chi connectivity index (χ3v) is 4.29. The van der Waals surface area contributed by atoms with E-state index in [0.717, 1.165) is 6.42 Å². The standard InChI is InChI=1S/C12H21ClN4O3S/c1-9(2)20-6-4-3-5-16-21(18,19)10-7-11(13)12(17-14)15-8-10/h7-9,16H,3-6,14H2,1-2H3,(H,15,17). The molecule has 0 aliphatic carbocycles. The van der Waals surface area contributed by atoms with Crippen molar-refractivity contribution in [3.63, 3.8) is 0 Å². The number of hydrogen-bond donors (Lipinski definition) is 3. The Kier molecular flexibility index (Phi) is 7.33.